The molecule has 0 spiro atoms. The first-order chi connectivity index (χ1) is 13.7. The van der Waals surface area contributed by atoms with Crippen molar-refractivity contribution in [1.29, 1.82) is 0 Å². The van der Waals surface area contributed by atoms with Gasteiger partial charge in [0.15, 0.2) is 0 Å². The van der Waals surface area contributed by atoms with Gasteiger partial charge < -0.3 is 39.9 Å². The number of hydrogen-bond donors (Lipinski definition) is 6. The zero-order chi connectivity index (χ0) is 22.7. The number of nitrogens with two attached hydrogens (primary N) is 1. The summed E-state index contributed by atoms with van der Waals surface area (Å²) in [5.74, 6) is -0.0702. The van der Waals surface area contributed by atoms with Gasteiger partial charge in [-0.05, 0) is 6.07 Å². The van der Waals surface area contributed by atoms with Crippen molar-refractivity contribution in [2.75, 3.05) is 19.1 Å². The summed E-state index contributed by atoms with van der Waals surface area (Å²) in [6.45, 7) is -1.15. The first-order valence-corrected chi connectivity index (χ1v) is 12.2. The molecule has 1 aromatic heterocycles. The van der Waals surface area contributed by atoms with Crippen molar-refractivity contribution >= 4 is 29.3 Å². The molecule has 0 aliphatic carbocycles. The number of phosphoric acid groups is 3. The van der Waals surface area contributed by atoms with Gasteiger partial charge in [-0.25, -0.2) is 18.5 Å². The minimum absolute atomic E-state index is 0.0702. The third kappa shape index (κ3) is 7.59. The lowest BCUT2D eigenvalue weighted by Gasteiger charge is -2.21. The van der Waals surface area contributed by atoms with Crippen molar-refractivity contribution in [3.8, 4) is 0 Å². The third-order valence-electron chi connectivity index (χ3n) is 3.40. The first kappa shape index (κ1) is 25.2. The number of rotatable bonds is 10. The molecule has 1 aliphatic rings. The van der Waals surface area contributed by atoms with Crippen molar-refractivity contribution in [2.45, 2.75) is 24.9 Å². The summed E-state index contributed by atoms with van der Waals surface area (Å²) >= 11 is 0. The third-order valence-corrected chi connectivity index (χ3v) is 7.26. The smallest absolute Gasteiger partial charge is 0.383 e. The van der Waals surface area contributed by atoms with E-state index in [0.717, 1.165) is 4.57 Å². The fourth-order valence-electron chi connectivity index (χ4n) is 2.42. The van der Waals surface area contributed by atoms with E-state index in [0.29, 0.717) is 0 Å². The maximum absolute atomic E-state index is 12.0. The van der Waals surface area contributed by atoms with Crippen LogP contribution in [0.25, 0.3) is 0 Å². The Morgan fingerprint density at radius 2 is 1.87 bits per heavy atom. The molecule has 1 aromatic rings. The monoisotopic (exact) mass is 497 g/mol. The molecule has 0 bridgehead atoms. The van der Waals surface area contributed by atoms with Gasteiger partial charge in [-0.3, -0.25) is 9.09 Å². The van der Waals surface area contributed by atoms with Crippen LogP contribution in [-0.4, -0.2) is 59.8 Å². The van der Waals surface area contributed by atoms with Crippen LogP contribution in [-0.2, 0) is 36.3 Å². The van der Waals surface area contributed by atoms with Gasteiger partial charge in [-0.1, -0.05) is 0 Å². The molecule has 1 fully saturated rings. The van der Waals surface area contributed by atoms with E-state index in [-0.39, 0.29) is 12.2 Å². The van der Waals surface area contributed by atoms with E-state index in [1.807, 2.05) is 0 Å². The predicted molar refractivity (Wildman–Crippen MR) is 93.2 cm³/mol. The standard InChI is InChI=1S/C10H18N3O14P3/c11-8-1-2-13(10(15)12-8)9-3-6(7(24-9)4-23-5-14)25-29(19,20)27-30(21,22)26-28(16,17)18/h1-2,6-7,9,14H,3-5H2,(H,19,20)(H,21,22)(H2,11,12,15)(H2,16,17,18)/t6-,7+,9+/m0/s1. The van der Waals surface area contributed by atoms with Crippen molar-refractivity contribution in [2.24, 2.45) is 0 Å². The average Bonchev–Trinajstić information content (AvgIpc) is 2.90. The topological polar surface area (TPSA) is 259 Å². The summed E-state index contributed by atoms with van der Waals surface area (Å²) in [7, 11) is -16.7. The van der Waals surface area contributed by atoms with E-state index in [9.17, 15) is 28.3 Å². The number of hydrogen-bond acceptors (Lipinski definition) is 12. The SMILES string of the molecule is Nc1ccn([C@H]2C[C@H](OP(=O)(O)OP(=O)(O)OP(=O)(O)O)[C@@H](COCO)O2)c(=O)n1. The number of nitrogens with zero attached hydrogens (tertiary/aromatic N) is 2. The van der Waals surface area contributed by atoms with Crippen LogP contribution in [0.2, 0.25) is 0 Å². The highest BCUT2D eigenvalue weighted by molar-refractivity contribution is 7.66. The van der Waals surface area contributed by atoms with Crippen molar-refractivity contribution in [3.05, 3.63) is 22.7 Å². The highest BCUT2D eigenvalue weighted by Gasteiger charge is 2.46. The van der Waals surface area contributed by atoms with Gasteiger partial charge in [0.2, 0.25) is 0 Å². The second-order valence-corrected chi connectivity index (χ2v) is 10.0. The normalized spacial score (nSPS) is 26.2. The molecule has 172 valence electrons. The van der Waals surface area contributed by atoms with E-state index >= 15 is 0 Å². The van der Waals surface area contributed by atoms with Crippen LogP contribution in [0.1, 0.15) is 12.6 Å². The largest absolute Gasteiger partial charge is 0.490 e. The second-order valence-electron chi connectivity index (χ2n) is 5.64. The molecular formula is C10H18N3O14P3. The Balaban J connectivity index is 2.18. The molecule has 5 atom stereocenters. The number of anilines is 1. The molecular weight excluding hydrogens is 479 g/mol. The zero-order valence-corrected chi connectivity index (χ0v) is 17.4. The Bertz CT molecular complexity index is 947. The number of ether oxygens (including phenoxy) is 2. The van der Waals surface area contributed by atoms with E-state index < -0.39 is 61.0 Å². The van der Waals surface area contributed by atoms with Gasteiger partial charge in [0.1, 0.15) is 31.0 Å². The van der Waals surface area contributed by atoms with Crippen LogP contribution >= 0.6 is 23.5 Å². The van der Waals surface area contributed by atoms with E-state index in [1.54, 1.807) is 0 Å². The minimum atomic E-state index is -5.71. The van der Waals surface area contributed by atoms with E-state index in [4.69, 9.17) is 34.6 Å². The molecule has 30 heavy (non-hydrogen) atoms. The molecule has 7 N–H and O–H groups in total. The molecule has 2 unspecified atom stereocenters. The fourth-order valence-corrected chi connectivity index (χ4v) is 5.64. The first-order valence-electron chi connectivity index (χ1n) is 7.72. The van der Waals surface area contributed by atoms with E-state index in [2.05, 4.69) is 13.6 Å². The molecule has 1 aliphatic heterocycles. The van der Waals surface area contributed by atoms with Gasteiger partial charge in [-0.2, -0.15) is 13.6 Å². The van der Waals surface area contributed by atoms with Crippen LogP contribution in [0.15, 0.2) is 17.1 Å². The van der Waals surface area contributed by atoms with Gasteiger partial charge in [-0.15, -0.1) is 0 Å². The van der Waals surface area contributed by atoms with Gasteiger partial charge >= 0.3 is 29.2 Å². The lowest BCUT2D eigenvalue weighted by atomic mass is 10.2. The highest BCUT2D eigenvalue weighted by atomic mass is 31.3. The molecule has 0 radical (unpaired) electrons. The Kier molecular flexibility index (Phi) is 8.10. The Hall–Kier alpha value is -1.03. The Morgan fingerprint density at radius 3 is 2.43 bits per heavy atom. The molecule has 1 saturated heterocycles. The summed E-state index contributed by atoms with van der Waals surface area (Å²) < 4.78 is 57.4. The summed E-state index contributed by atoms with van der Waals surface area (Å²) in [6.07, 6.45) is -2.76. The van der Waals surface area contributed by atoms with Crippen LogP contribution in [0.4, 0.5) is 5.82 Å². The van der Waals surface area contributed by atoms with Crippen molar-refractivity contribution < 1.29 is 61.0 Å². The Morgan fingerprint density at radius 1 is 1.20 bits per heavy atom. The molecule has 0 amide bonds. The lowest BCUT2D eigenvalue weighted by Crippen LogP contribution is -2.29. The summed E-state index contributed by atoms with van der Waals surface area (Å²) in [4.78, 5) is 51.4. The van der Waals surface area contributed by atoms with Crippen LogP contribution < -0.4 is 11.4 Å². The molecule has 0 saturated carbocycles. The maximum atomic E-state index is 12.0. The van der Waals surface area contributed by atoms with Crippen LogP contribution in [0, 0.1) is 0 Å². The minimum Gasteiger partial charge on any atom is -0.383 e. The quantitative estimate of drug-likeness (QED) is 0.164. The summed E-state index contributed by atoms with van der Waals surface area (Å²) in [5, 5.41) is 8.78. The van der Waals surface area contributed by atoms with Crippen LogP contribution in [0.5, 0.6) is 0 Å². The van der Waals surface area contributed by atoms with Crippen molar-refractivity contribution in [1.82, 2.24) is 9.55 Å². The molecule has 20 heteroatoms. The number of aliphatic hydroxyl groups is 1. The summed E-state index contributed by atoms with van der Waals surface area (Å²) in [6, 6.07) is 1.28. The average molecular weight is 497 g/mol. The Labute approximate surface area is 167 Å². The van der Waals surface area contributed by atoms with Gasteiger partial charge in [0, 0.05) is 12.6 Å². The summed E-state index contributed by atoms with van der Waals surface area (Å²) in [5.41, 5.74) is 4.57. The van der Waals surface area contributed by atoms with Gasteiger partial charge in [0.05, 0.1) is 6.61 Å². The number of phosphoric ester groups is 1. The number of aliphatic hydroxyl groups excluding tert-OH is 1. The highest BCUT2D eigenvalue weighted by Crippen LogP contribution is 2.67. The van der Waals surface area contributed by atoms with E-state index in [1.165, 1.54) is 12.3 Å². The molecule has 2 rings (SSSR count). The predicted octanol–water partition coefficient (Wildman–Crippen LogP) is -1.21. The second kappa shape index (κ2) is 9.63. The number of nitrogen functional groups attached to an aromatic ring is 1. The van der Waals surface area contributed by atoms with Crippen LogP contribution in [0.3, 0.4) is 0 Å². The lowest BCUT2D eigenvalue weighted by molar-refractivity contribution is -0.0912. The number of aromatic nitrogens is 2. The van der Waals surface area contributed by atoms with Gasteiger partial charge in [0.25, 0.3) is 0 Å². The van der Waals surface area contributed by atoms with Crippen molar-refractivity contribution in [3.63, 3.8) is 0 Å². The molecule has 0 aromatic carbocycles. The zero-order valence-electron chi connectivity index (χ0n) is 14.7. The molecule has 17 nitrogen and oxygen atoms in total. The maximum Gasteiger partial charge on any atom is 0.490 e. The molecule has 2 heterocycles. The fraction of sp³-hybridized carbons (Fsp3) is 0.600.